The highest BCUT2D eigenvalue weighted by Gasteiger charge is 2.16. The molecule has 6 heteroatoms. The number of halogens is 1. The molecule has 1 heterocycles. The molecule has 102 valence electrons. The highest BCUT2D eigenvalue weighted by Crippen LogP contribution is 2.21. The second-order valence-electron chi connectivity index (χ2n) is 5.17. The lowest BCUT2D eigenvalue weighted by Gasteiger charge is -2.19. The van der Waals surface area contributed by atoms with E-state index in [0.29, 0.717) is 12.4 Å². The van der Waals surface area contributed by atoms with Crippen molar-refractivity contribution in [3.05, 3.63) is 28.5 Å². The number of hydrogen-bond acceptors (Lipinski definition) is 3. The minimum atomic E-state index is -0.499. The van der Waals surface area contributed by atoms with Crippen LogP contribution in [0.15, 0.2) is 22.7 Å². The summed E-state index contributed by atoms with van der Waals surface area (Å²) in [6.07, 6.45) is -0.452. The topological polar surface area (TPSA) is 67.0 Å². The Labute approximate surface area is 119 Å². The molecular formula is C13H16BrN3O2. The Bertz CT molecular complexity index is 601. The summed E-state index contributed by atoms with van der Waals surface area (Å²) in [6, 6.07) is 5.79. The summed E-state index contributed by atoms with van der Waals surface area (Å²) in [4.78, 5) is 19.1. The van der Waals surface area contributed by atoms with E-state index in [9.17, 15) is 4.79 Å². The van der Waals surface area contributed by atoms with Gasteiger partial charge in [0.05, 0.1) is 12.1 Å². The number of hydrogen-bond donors (Lipinski definition) is 2. The molecule has 0 saturated carbocycles. The Morgan fingerprint density at radius 2 is 2.21 bits per heavy atom. The van der Waals surface area contributed by atoms with E-state index in [1.165, 1.54) is 0 Å². The van der Waals surface area contributed by atoms with Crippen LogP contribution in [0.1, 0.15) is 26.6 Å². The largest absolute Gasteiger partial charge is 0.444 e. The fourth-order valence-electron chi connectivity index (χ4n) is 1.60. The van der Waals surface area contributed by atoms with Gasteiger partial charge in [-0.1, -0.05) is 6.07 Å². The van der Waals surface area contributed by atoms with Crippen molar-refractivity contribution in [1.82, 2.24) is 15.3 Å². The SMILES string of the molecule is CC(C)(C)OC(=O)NCc1nc2c(Br)cccc2[nH]1. The number of nitrogens with one attached hydrogen (secondary N) is 2. The van der Waals surface area contributed by atoms with Gasteiger partial charge >= 0.3 is 6.09 Å². The van der Waals surface area contributed by atoms with Gasteiger partial charge in [0.1, 0.15) is 16.9 Å². The molecular weight excluding hydrogens is 310 g/mol. The van der Waals surface area contributed by atoms with Gasteiger partial charge < -0.3 is 15.0 Å². The molecule has 1 aromatic carbocycles. The number of para-hydroxylation sites is 1. The Morgan fingerprint density at radius 1 is 1.47 bits per heavy atom. The number of fused-ring (bicyclic) bond motifs is 1. The molecule has 2 aromatic rings. The fourth-order valence-corrected chi connectivity index (χ4v) is 2.06. The molecule has 0 unspecified atom stereocenters. The number of rotatable bonds is 2. The number of nitrogens with zero attached hydrogens (tertiary/aromatic N) is 1. The van der Waals surface area contributed by atoms with Crippen LogP contribution in [0, 0.1) is 0 Å². The molecule has 19 heavy (non-hydrogen) atoms. The van der Waals surface area contributed by atoms with Gasteiger partial charge in [0.15, 0.2) is 0 Å². The van der Waals surface area contributed by atoms with Crippen LogP contribution in [0.5, 0.6) is 0 Å². The number of carbonyl (C=O) groups excluding carboxylic acids is 1. The first-order valence-electron chi connectivity index (χ1n) is 5.95. The molecule has 0 aliphatic carbocycles. The number of aromatic amines is 1. The second kappa shape index (κ2) is 5.21. The molecule has 0 fully saturated rings. The smallest absolute Gasteiger partial charge is 0.408 e. The van der Waals surface area contributed by atoms with E-state index < -0.39 is 11.7 Å². The summed E-state index contributed by atoms with van der Waals surface area (Å²) in [5.41, 5.74) is 1.28. The summed E-state index contributed by atoms with van der Waals surface area (Å²) >= 11 is 3.44. The van der Waals surface area contributed by atoms with Crippen molar-refractivity contribution in [2.45, 2.75) is 32.9 Å². The summed E-state index contributed by atoms with van der Waals surface area (Å²) in [5, 5.41) is 2.67. The van der Waals surface area contributed by atoms with Crippen LogP contribution in [0.4, 0.5) is 4.79 Å². The maximum absolute atomic E-state index is 11.5. The zero-order valence-corrected chi connectivity index (χ0v) is 12.7. The average molecular weight is 326 g/mol. The summed E-state index contributed by atoms with van der Waals surface area (Å²) in [5.74, 6) is 0.688. The van der Waals surface area contributed by atoms with Crippen molar-refractivity contribution in [3.8, 4) is 0 Å². The van der Waals surface area contributed by atoms with Crippen LogP contribution < -0.4 is 5.32 Å². The van der Waals surface area contributed by atoms with Gasteiger partial charge in [0.2, 0.25) is 0 Å². The third-order valence-electron chi connectivity index (χ3n) is 2.31. The Morgan fingerprint density at radius 3 is 2.84 bits per heavy atom. The molecule has 1 amide bonds. The van der Waals surface area contributed by atoms with E-state index in [1.807, 2.05) is 39.0 Å². The van der Waals surface area contributed by atoms with Crippen molar-refractivity contribution in [2.24, 2.45) is 0 Å². The van der Waals surface area contributed by atoms with E-state index >= 15 is 0 Å². The summed E-state index contributed by atoms with van der Waals surface area (Å²) < 4.78 is 6.08. The summed E-state index contributed by atoms with van der Waals surface area (Å²) in [6.45, 7) is 5.77. The third-order valence-corrected chi connectivity index (χ3v) is 2.95. The number of imidazole rings is 1. The predicted octanol–water partition coefficient (Wildman–Crippen LogP) is 3.35. The maximum Gasteiger partial charge on any atom is 0.408 e. The van der Waals surface area contributed by atoms with Crippen molar-refractivity contribution < 1.29 is 9.53 Å². The quantitative estimate of drug-likeness (QED) is 0.889. The zero-order valence-electron chi connectivity index (χ0n) is 11.1. The molecule has 5 nitrogen and oxygen atoms in total. The normalized spacial score (nSPS) is 11.6. The van der Waals surface area contributed by atoms with Gasteiger partial charge in [-0.25, -0.2) is 9.78 Å². The van der Waals surface area contributed by atoms with Gasteiger partial charge in [0.25, 0.3) is 0 Å². The number of ether oxygens (including phenoxy) is 1. The van der Waals surface area contributed by atoms with E-state index in [-0.39, 0.29) is 0 Å². The van der Waals surface area contributed by atoms with Crippen molar-refractivity contribution in [3.63, 3.8) is 0 Å². The lowest BCUT2D eigenvalue weighted by molar-refractivity contribution is 0.0522. The van der Waals surface area contributed by atoms with Gasteiger partial charge in [-0.15, -0.1) is 0 Å². The highest BCUT2D eigenvalue weighted by molar-refractivity contribution is 9.10. The van der Waals surface area contributed by atoms with Crippen LogP contribution in [-0.2, 0) is 11.3 Å². The van der Waals surface area contributed by atoms with Crippen LogP contribution in [0.3, 0.4) is 0 Å². The molecule has 0 radical (unpaired) electrons. The zero-order chi connectivity index (χ0) is 14.0. The number of alkyl carbamates (subject to hydrolysis) is 1. The van der Waals surface area contributed by atoms with Crippen molar-refractivity contribution >= 4 is 33.1 Å². The van der Waals surface area contributed by atoms with Crippen LogP contribution in [-0.4, -0.2) is 21.7 Å². The maximum atomic E-state index is 11.5. The molecule has 0 atom stereocenters. The number of benzene rings is 1. The Kier molecular flexibility index (Phi) is 3.80. The van der Waals surface area contributed by atoms with E-state index in [2.05, 4.69) is 31.2 Å². The first-order valence-corrected chi connectivity index (χ1v) is 6.74. The van der Waals surface area contributed by atoms with Crippen LogP contribution in [0.2, 0.25) is 0 Å². The molecule has 0 saturated heterocycles. The van der Waals surface area contributed by atoms with Gasteiger partial charge in [0, 0.05) is 4.47 Å². The lowest BCUT2D eigenvalue weighted by Crippen LogP contribution is -2.32. The monoisotopic (exact) mass is 325 g/mol. The first-order chi connectivity index (χ1) is 8.85. The van der Waals surface area contributed by atoms with E-state index in [0.717, 1.165) is 15.5 Å². The second-order valence-corrected chi connectivity index (χ2v) is 6.03. The minimum Gasteiger partial charge on any atom is -0.444 e. The number of amides is 1. The fraction of sp³-hybridized carbons (Fsp3) is 0.385. The highest BCUT2D eigenvalue weighted by atomic mass is 79.9. The van der Waals surface area contributed by atoms with E-state index in [1.54, 1.807) is 0 Å². The standard InChI is InChI=1S/C13H16BrN3O2/c1-13(2,3)19-12(18)15-7-10-16-9-6-4-5-8(14)11(9)17-10/h4-6H,7H2,1-3H3,(H,15,18)(H,16,17). The molecule has 2 rings (SSSR count). The van der Waals surface area contributed by atoms with Crippen molar-refractivity contribution in [2.75, 3.05) is 0 Å². The number of aromatic nitrogens is 2. The van der Waals surface area contributed by atoms with Gasteiger partial charge in [-0.3, -0.25) is 0 Å². The molecule has 1 aromatic heterocycles. The van der Waals surface area contributed by atoms with E-state index in [4.69, 9.17) is 4.74 Å². The van der Waals surface area contributed by atoms with Gasteiger partial charge in [-0.2, -0.15) is 0 Å². The van der Waals surface area contributed by atoms with Crippen LogP contribution >= 0.6 is 15.9 Å². The van der Waals surface area contributed by atoms with Crippen LogP contribution in [0.25, 0.3) is 11.0 Å². The first kappa shape index (κ1) is 13.9. The summed E-state index contributed by atoms with van der Waals surface area (Å²) in [7, 11) is 0. The third kappa shape index (κ3) is 3.70. The average Bonchev–Trinajstić information content (AvgIpc) is 2.68. The molecule has 2 N–H and O–H groups in total. The molecule has 0 aliphatic heterocycles. The Hall–Kier alpha value is -1.56. The number of carbonyl (C=O) groups is 1. The van der Waals surface area contributed by atoms with Gasteiger partial charge in [-0.05, 0) is 48.8 Å². The van der Waals surface area contributed by atoms with Crippen molar-refractivity contribution in [1.29, 1.82) is 0 Å². The molecule has 0 bridgehead atoms. The Balaban J connectivity index is 2.02. The minimum absolute atomic E-state index is 0.302. The number of H-pyrrole nitrogens is 1. The predicted molar refractivity (Wildman–Crippen MR) is 76.9 cm³/mol. The lowest BCUT2D eigenvalue weighted by atomic mass is 10.2. The molecule has 0 spiro atoms. The molecule has 0 aliphatic rings.